The average molecular weight is 363 g/mol. The summed E-state index contributed by atoms with van der Waals surface area (Å²) in [6.07, 6.45) is -4.57. The first-order valence-electron chi connectivity index (χ1n) is 7.19. The summed E-state index contributed by atoms with van der Waals surface area (Å²) in [5.41, 5.74) is 3.24. The highest BCUT2D eigenvalue weighted by Gasteiger charge is 2.30. The Kier molecular flexibility index (Phi) is 5.80. The Morgan fingerprint density at radius 2 is 1.77 bits per heavy atom. The molecule has 0 saturated heterocycles. The fraction of sp³-hybridized carbons (Fsp3) is 0.118. The average Bonchev–Trinajstić information content (AvgIpc) is 2.64. The van der Waals surface area contributed by atoms with Crippen molar-refractivity contribution in [1.29, 1.82) is 5.26 Å². The molecule has 0 atom stereocenters. The van der Waals surface area contributed by atoms with E-state index in [1.54, 1.807) is 0 Å². The summed E-state index contributed by atoms with van der Waals surface area (Å²) >= 11 is 0. The summed E-state index contributed by atoms with van der Waals surface area (Å²) in [5, 5.41) is 8.67. The summed E-state index contributed by atoms with van der Waals surface area (Å²) in [4.78, 5) is 23.4. The number of alkyl halides is 3. The molecule has 2 aromatic rings. The Morgan fingerprint density at radius 3 is 2.38 bits per heavy atom. The molecule has 2 rings (SSSR count). The molecule has 0 bridgehead atoms. The van der Waals surface area contributed by atoms with Crippen LogP contribution in [-0.2, 0) is 11.0 Å². The van der Waals surface area contributed by atoms with Crippen LogP contribution in [-0.4, -0.2) is 18.4 Å². The molecule has 0 saturated carbocycles. The number of benzene rings is 2. The lowest BCUT2D eigenvalue weighted by Gasteiger charge is -2.10. The smallest absolute Gasteiger partial charge is 0.416 e. The molecule has 134 valence electrons. The van der Waals surface area contributed by atoms with Crippen LogP contribution in [0.2, 0.25) is 0 Å². The minimum absolute atomic E-state index is 0.256. The Bertz CT molecular complexity index is 843. The molecule has 9 heteroatoms. The van der Waals surface area contributed by atoms with E-state index in [0.717, 1.165) is 12.1 Å². The third kappa shape index (κ3) is 5.24. The van der Waals surface area contributed by atoms with Crippen molar-refractivity contribution in [3.8, 4) is 11.8 Å². The standard InChI is InChI=1S/C17H12F3N3O3/c18-17(19,20)13-3-1-2-12(8-13)16(25)23-22-15(24)10-26-14-6-4-11(9-21)5-7-14/h1-8H,10H2,(H,22,24)(H,23,25). The maximum Gasteiger partial charge on any atom is 0.416 e. The van der Waals surface area contributed by atoms with Gasteiger partial charge in [0.2, 0.25) is 0 Å². The zero-order chi connectivity index (χ0) is 19.2. The molecule has 6 nitrogen and oxygen atoms in total. The lowest BCUT2D eigenvalue weighted by Crippen LogP contribution is -2.43. The van der Waals surface area contributed by atoms with E-state index in [1.165, 1.54) is 30.3 Å². The van der Waals surface area contributed by atoms with Crippen molar-refractivity contribution in [3.05, 3.63) is 65.2 Å². The largest absolute Gasteiger partial charge is 0.484 e. The summed E-state index contributed by atoms with van der Waals surface area (Å²) in [7, 11) is 0. The van der Waals surface area contributed by atoms with E-state index in [-0.39, 0.29) is 5.56 Å². The predicted octanol–water partition coefficient (Wildman–Crippen LogP) is 2.42. The summed E-state index contributed by atoms with van der Waals surface area (Å²) in [5.74, 6) is -1.28. The van der Waals surface area contributed by atoms with Crippen LogP contribution in [0.5, 0.6) is 5.75 Å². The van der Waals surface area contributed by atoms with Crippen LogP contribution in [0.1, 0.15) is 21.5 Å². The highest BCUT2D eigenvalue weighted by atomic mass is 19.4. The van der Waals surface area contributed by atoms with E-state index < -0.39 is 30.2 Å². The molecule has 0 radical (unpaired) electrons. The normalized spacial score (nSPS) is 10.5. The van der Waals surface area contributed by atoms with E-state index in [1.807, 2.05) is 16.9 Å². The number of hydrogen-bond acceptors (Lipinski definition) is 4. The van der Waals surface area contributed by atoms with Crippen LogP contribution >= 0.6 is 0 Å². The van der Waals surface area contributed by atoms with Gasteiger partial charge in [-0.25, -0.2) is 0 Å². The first-order chi connectivity index (χ1) is 12.3. The number of nitrogens with one attached hydrogen (secondary N) is 2. The van der Waals surface area contributed by atoms with Crippen molar-refractivity contribution in [3.63, 3.8) is 0 Å². The van der Waals surface area contributed by atoms with E-state index in [0.29, 0.717) is 17.4 Å². The third-order valence-corrected chi connectivity index (χ3v) is 3.12. The molecule has 2 N–H and O–H groups in total. The van der Waals surface area contributed by atoms with Gasteiger partial charge in [0.1, 0.15) is 5.75 Å². The highest BCUT2D eigenvalue weighted by molar-refractivity contribution is 5.95. The highest BCUT2D eigenvalue weighted by Crippen LogP contribution is 2.29. The van der Waals surface area contributed by atoms with Crippen molar-refractivity contribution in [2.45, 2.75) is 6.18 Å². The first kappa shape index (κ1) is 18.8. The molecule has 26 heavy (non-hydrogen) atoms. The van der Waals surface area contributed by atoms with Gasteiger partial charge in [-0.2, -0.15) is 18.4 Å². The van der Waals surface area contributed by atoms with Gasteiger partial charge >= 0.3 is 6.18 Å². The van der Waals surface area contributed by atoms with E-state index in [4.69, 9.17) is 10.00 Å². The minimum atomic E-state index is -4.57. The first-order valence-corrected chi connectivity index (χ1v) is 7.19. The zero-order valence-corrected chi connectivity index (χ0v) is 13.1. The number of ether oxygens (including phenoxy) is 1. The molecule has 0 heterocycles. The SMILES string of the molecule is N#Cc1ccc(OCC(=O)NNC(=O)c2cccc(C(F)(F)F)c2)cc1. The molecule has 2 amide bonds. The van der Waals surface area contributed by atoms with Crippen LogP contribution in [0.3, 0.4) is 0 Å². The second-order valence-electron chi connectivity index (χ2n) is 5.01. The fourth-order valence-electron chi connectivity index (χ4n) is 1.85. The van der Waals surface area contributed by atoms with Gasteiger partial charge in [0.05, 0.1) is 17.2 Å². The molecule has 0 aliphatic carbocycles. The minimum Gasteiger partial charge on any atom is -0.484 e. The number of nitriles is 1. The topological polar surface area (TPSA) is 91.2 Å². The Hall–Kier alpha value is -3.54. The van der Waals surface area contributed by atoms with Crippen LogP contribution in [0.25, 0.3) is 0 Å². The molecular formula is C17H12F3N3O3. The van der Waals surface area contributed by atoms with Gasteiger partial charge in [0.15, 0.2) is 6.61 Å². The molecule has 2 aromatic carbocycles. The van der Waals surface area contributed by atoms with Crippen molar-refractivity contribution < 1.29 is 27.5 Å². The number of halogens is 3. The molecule has 0 fully saturated rings. The number of carbonyl (C=O) groups excluding carboxylic acids is 2. The maximum atomic E-state index is 12.6. The number of hydrogen-bond donors (Lipinski definition) is 2. The van der Waals surface area contributed by atoms with E-state index >= 15 is 0 Å². The van der Waals surface area contributed by atoms with Gasteiger partial charge in [-0.05, 0) is 42.5 Å². The van der Waals surface area contributed by atoms with Crippen LogP contribution in [0.15, 0.2) is 48.5 Å². The van der Waals surface area contributed by atoms with Crippen LogP contribution < -0.4 is 15.6 Å². The van der Waals surface area contributed by atoms with Gasteiger partial charge in [0, 0.05) is 5.56 Å². The molecule has 0 spiro atoms. The molecular weight excluding hydrogens is 351 g/mol. The van der Waals surface area contributed by atoms with Gasteiger partial charge < -0.3 is 4.74 Å². The third-order valence-electron chi connectivity index (χ3n) is 3.12. The van der Waals surface area contributed by atoms with Crippen molar-refractivity contribution >= 4 is 11.8 Å². The van der Waals surface area contributed by atoms with Crippen LogP contribution in [0.4, 0.5) is 13.2 Å². The van der Waals surface area contributed by atoms with Crippen LogP contribution in [0, 0.1) is 11.3 Å². The van der Waals surface area contributed by atoms with Crippen molar-refractivity contribution in [2.75, 3.05) is 6.61 Å². The number of carbonyl (C=O) groups is 2. The zero-order valence-electron chi connectivity index (χ0n) is 13.1. The van der Waals surface area contributed by atoms with Gasteiger partial charge in [0.25, 0.3) is 11.8 Å². The monoisotopic (exact) mass is 363 g/mol. The Morgan fingerprint density at radius 1 is 1.08 bits per heavy atom. The summed E-state index contributed by atoms with van der Waals surface area (Å²) in [6, 6.07) is 11.7. The molecule has 0 aromatic heterocycles. The number of amides is 2. The second kappa shape index (κ2) is 8.02. The van der Waals surface area contributed by atoms with E-state index in [2.05, 4.69) is 0 Å². The second-order valence-corrected chi connectivity index (χ2v) is 5.01. The van der Waals surface area contributed by atoms with Crippen molar-refractivity contribution in [2.24, 2.45) is 0 Å². The number of hydrazine groups is 1. The van der Waals surface area contributed by atoms with Gasteiger partial charge in [-0.3, -0.25) is 20.4 Å². The summed E-state index contributed by atoms with van der Waals surface area (Å²) in [6.45, 7) is -0.436. The maximum absolute atomic E-state index is 12.6. The molecule has 0 unspecified atom stereocenters. The molecule has 0 aliphatic heterocycles. The van der Waals surface area contributed by atoms with Gasteiger partial charge in [-0.15, -0.1) is 0 Å². The lowest BCUT2D eigenvalue weighted by molar-refractivity contribution is -0.137. The van der Waals surface area contributed by atoms with E-state index in [9.17, 15) is 22.8 Å². The quantitative estimate of drug-likeness (QED) is 0.816. The fourth-order valence-corrected chi connectivity index (χ4v) is 1.85. The van der Waals surface area contributed by atoms with Gasteiger partial charge in [-0.1, -0.05) is 6.07 Å². The molecule has 0 aliphatic rings. The predicted molar refractivity (Wildman–Crippen MR) is 83.7 cm³/mol. The number of rotatable bonds is 4. The number of nitrogens with zero attached hydrogens (tertiary/aromatic N) is 1. The summed E-state index contributed by atoms with van der Waals surface area (Å²) < 4.78 is 43.0. The lowest BCUT2D eigenvalue weighted by atomic mass is 10.1. The Labute approximate surface area is 146 Å². The Balaban J connectivity index is 1.85. The van der Waals surface area contributed by atoms with Crippen molar-refractivity contribution in [1.82, 2.24) is 10.9 Å².